The maximum atomic E-state index is 12.8. The van der Waals surface area contributed by atoms with Gasteiger partial charge in [-0.1, -0.05) is 0 Å². The van der Waals surface area contributed by atoms with Crippen molar-refractivity contribution >= 4 is 45.0 Å². The predicted octanol–water partition coefficient (Wildman–Crippen LogP) is 2.09. The Bertz CT molecular complexity index is 916. The van der Waals surface area contributed by atoms with Gasteiger partial charge in [0, 0.05) is 31.1 Å². The van der Waals surface area contributed by atoms with Gasteiger partial charge in [0.1, 0.15) is 10.7 Å². The first-order valence-electron chi connectivity index (χ1n) is 9.11. The quantitative estimate of drug-likeness (QED) is 0.756. The molecule has 7 nitrogen and oxygen atoms in total. The summed E-state index contributed by atoms with van der Waals surface area (Å²) >= 11 is 3.64. The number of hydrogen-bond acceptors (Lipinski definition) is 7. The van der Waals surface area contributed by atoms with Crippen LogP contribution in [-0.2, 0) is 10.0 Å². The third kappa shape index (κ3) is 3.81. The molecule has 148 valence electrons. The van der Waals surface area contributed by atoms with Crippen LogP contribution in [-0.4, -0.2) is 65.7 Å². The van der Waals surface area contributed by atoms with Crippen LogP contribution < -0.4 is 9.62 Å². The molecule has 1 N–H and O–H groups in total. The molecule has 1 spiro atoms. The van der Waals surface area contributed by atoms with Crippen LogP contribution in [0.2, 0.25) is 0 Å². The molecule has 2 aliphatic heterocycles. The Morgan fingerprint density at radius 3 is 2.74 bits per heavy atom. The molecule has 0 aromatic carbocycles. The molecule has 2 aliphatic rings. The lowest BCUT2D eigenvalue weighted by Crippen LogP contribution is -2.47. The van der Waals surface area contributed by atoms with E-state index in [4.69, 9.17) is 0 Å². The minimum Gasteiger partial charge on any atom is -0.356 e. The molecule has 2 fully saturated rings. The molecule has 1 unspecified atom stereocenters. The highest BCUT2D eigenvalue weighted by Gasteiger charge is 2.40. The second-order valence-electron chi connectivity index (χ2n) is 7.52. The summed E-state index contributed by atoms with van der Waals surface area (Å²) in [4.78, 5) is 7.07. The Kier molecular flexibility index (Phi) is 5.34. The van der Waals surface area contributed by atoms with Crippen molar-refractivity contribution in [2.24, 2.45) is 5.41 Å². The van der Waals surface area contributed by atoms with Gasteiger partial charge in [0.2, 0.25) is 10.0 Å². The van der Waals surface area contributed by atoms with Gasteiger partial charge in [-0.25, -0.2) is 22.6 Å². The Labute approximate surface area is 168 Å². The SMILES string of the molecule is CSCC(C)NS(=O)(=O)c1cnn2ccc(N3CCC4(CC3)CSC4)nc12. The van der Waals surface area contributed by atoms with Crippen molar-refractivity contribution in [3.63, 3.8) is 0 Å². The number of nitrogens with zero attached hydrogens (tertiary/aromatic N) is 4. The van der Waals surface area contributed by atoms with Gasteiger partial charge >= 0.3 is 0 Å². The van der Waals surface area contributed by atoms with Crippen LogP contribution in [0.4, 0.5) is 5.82 Å². The standard InChI is InChI=1S/C17H25N5O2S3/c1-13(10-25-2)20-27(23,24)14-9-18-22-6-3-15(19-16(14)22)21-7-4-17(5-8-21)11-26-12-17/h3,6,9,13,20H,4-5,7-8,10-12H2,1-2H3. The molecule has 2 aromatic heterocycles. The van der Waals surface area contributed by atoms with Gasteiger partial charge in [-0.2, -0.15) is 28.6 Å². The summed E-state index contributed by atoms with van der Waals surface area (Å²) < 4.78 is 29.8. The molecule has 1 atom stereocenters. The summed E-state index contributed by atoms with van der Waals surface area (Å²) in [5, 5.41) is 4.18. The lowest BCUT2D eigenvalue weighted by atomic mass is 9.81. The first-order valence-corrected chi connectivity index (χ1v) is 13.1. The number of aromatic nitrogens is 3. The average molecular weight is 428 g/mol. The monoisotopic (exact) mass is 427 g/mol. The molecule has 10 heteroatoms. The van der Waals surface area contributed by atoms with Crippen LogP contribution in [0.3, 0.4) is 0 Å². The van der Waals surface area contributed by atoms with Gasteiger partial charge in [0.05, 0.1) is 6.20 Å². The van der Waals surface area contributed by atoms with E-state index in [1.54, 1.807) is 18.0 Å². The Hall–Kier alpha value is -0.970. The third-order valence-corrected chi connectivity index (χ3v) is 9.40. The van der Waals surface area contributed by atoms with Gasteiger partial charge in [-0.05, 0) is 49.0 Å². The van der Waals surface area contributed by atoms with Crippen LogP contribution in [0.1, 0.15) is 19.8 Å². The number of nitrogens with one attached hydrogen (secondary N) is 1. The average Bonchev–Trinajstić information content (AvgIpc) is 3.04. The van der Waals surface area contributed by atoms with Gasteiger partial charge in [-0.15, -0.1) is 0 Å². The summed E-state index contributed by atoms with van der Waals surface area (Å²) in [6.07, 6.45) is 7.51. The van der Waals surface area contributed by atoms with Gasteiger partial charge in [0.25, 0.3) is 0 Å². The number of fused-ring (bicyclic) bond motifs is 1. The maximum Gasteiger partial charge on any atom is 0.246 e. The molecule has 0 aliphatic carbocycles. The van der Waals surface area contributed by atoms with Gasteiger partial charge < -0.3 is 4.90 Å². The second-order valence-corrected chi connectivity index (χ2v) is 11.1. The number of sulfonamides is 1. The smallest absolute Gasteiger partial charge is 0.246 e. The van der Waals surface area contributed by atoms with E-state index in [9.17, 15) is 8.42 Å². The van der Waals surface area contributed by atoms with Gasteiger partial charge in [0.15, 0.2) is 5.65 Å². The molecule has 27 heavy (non-hydrogen) atoms. The zero-order valence-corrected chi connectivity index (χ0v) is 18.0. The number of thioether (sulfide) groups is 2. The Morgan fingerprint density at radius 2 is 2.11 bits per heavy atom. The molecule has 2 aromatic rings. The Morgan fingerprint density at radius 1 is 1.37 bits per heavy atom. The second kappa shape index (κ2) is 7.46. The number of rotatable bonds is 6. The van der Waals surface area contributed by atoms with E-state index >= 15 is 0 Å². The van der Waals surface area contributed by atoms with Crippen molar-refractivity contribution in [2.75, 3.05) is 41.5 Å². The molecule has 4 heterocycles. The maximum absolute atomic E-state index is 12.8. The first kappa shape index (κ1) is 19.4. The van der Waals surface area contributed by atoms with Crippen molar-refractivity contribution in [1.82, 2.24) is 19.3 Å². The van der Waals surface area contributed by atoms with E-state index in [1.165, 1.54) is 35.1 Å². The van der Waals surface area contributed by atoms with E-state index in [-0.39, 0.29) is 10.9 Å². The van der Waals surface area contributed by atoms with Crippen LogP contribution in [0.25, 0.3) is 5.65 Å². The zero-order chi connectivity index (χ0) is 19.1. The topological polar surface area (TPSA) is 79.6 Å². The molecule has 2 saturated heterocycles. The lowest BCUT2D eigenvalue weighted by molar-refractivity contribution is 0.275. The lowest BCUT2D eigenvalue weighted by Gasteiger charge is -2.47. The van der Waals surface area contributed by atoms with E-state index in [0.717, 1.165) is 18.9 Å². The number of anilines is 1. The van der Waals surface area contributed by atoms with Crippen LogP contribution in [0.5, 0.6) is 0 Å². The predicted molar refractivity (Wildman–Crippen MR) is 112 cm³/mol. The molecule has 4 rings (SSSR count). The molecular formula is C17H25N5O2S3. The van der Waals surface area contributed by atoms with Gasteiger partial charge in [-0.3, -0.25) is 0 Å². The fourth-order valence-electron chi connectivity index (χ4n) is 3.71. The van der Waals surface area contributed by atoms with E-state index in [0.29, 0.717) is 16.8 Å². The number of piperidine rings is 1. The van der Waals surface area contributed by atoms with Crippen molar-refractivity contribution in [1.29, 1.82) is 0 Å². The summed E-state index contributed by atoms with van der Waals surface area (Å²) in [6, 6.07) is 1.77. The fourth-order valence-corrected chi connectivity index (χ4v) is 7.06. The van der Waals surface area contributed by atoms with Crippen molar-refractivity contribution in [2.45, 2.75) is 30.7 Å². The van der Waals surface area contributed by atoms with E-state index in [1.807, 2.05) is 31.0 Å². The zero-order valence-electron chi connectivity index (χ0n) is 15.6. The minimum atomic E-state index is -3.66. The largest absolute Gasteiger partial charge is 0.356 e. The van der Waals surface area contributed by atoms with Crippen LogP contribution >= 0.6 is 23.5 Å². The summed E-state index contributed by atoms with van der Waals surface area (Å²) in [6.45, 7) is 3.81. The van der Waals surface area contributed by atoms with Crippen LogP contribution in [0, 0.1) is 5.41 Å². The normalized spacial score (nSPS) is 20.7. The highest BCUT2D eigenvalue weighted by Crippen LogP contribution is 2.46. The molecule has 0 bridgehead atoms. The highest BCUT2D eigenvalue weighted by molar-refractivity contribution is 8.00. The van der Waals surface area contributed by atoms with E-state index < -0.39 is 10.0 Å². The van der Waals surface area contributed by atoms with Crippen molar-refractivity contribution < 1.29 is 8.42 Å². The van der Waals surface area contributed by atoms with Crippen molar-refractivity contribution in [3.8, 4) is 0 Å². The van der Waals surface area contributed by atoms with E-state index in [2.05, 4.69) is 19.7 Å². The van der Waals surface area contributed by atoms with Crippen molar-refractivity contribution in [3.05, 3.63) is 18.5 Å². The molecule has 0 radical (unpaired) electrons. The number of hydrogen-bond donors (Lipinski definition) is 1. The Balaban J connectivity index is 1.58. The summed E-state index contributed by atoms with van der Waals surface area (Å²) in [5.74, 6) is 4.10. The fraction of sp³-hybridized carbons (Fsp3) is 0.647. The minimum absolute atomic E-state index is 0.140. The highest BCUT2D eigenvalue weighted by atomic mass is 32.2. The first-order chi connectivity index (χ1) is 12.9. The summed E-state index contributed by atoms with van der Waals surface area (Å²) in [7, 11) is -3.66. The van der Waals surface area contributed by atoms with Crippen LogP contribution in [0.15, 0.2) is 23.4 Å². The molecular weight excluding hydrogens is 402 g/mol. The molecule has 0 amide bonds. The third-order valence-electron chi connectivity index (χ3n) is 5.35. The molecule has 0 saturated carbocycles. The summed E-state index contributed by atoms with van der Waals surface area (Å²) in [5.41, 5.74) is 0.920.